The van der Waals surface area contributed by atoms with Gasteiger partial charge in [-0.25, -0.2) is 10.8 Å². The van der Waals surface area contributed by atoms with Crippen LogP contribution in [0.3, 0.4) is 0 Å². The average molecular weight is 233 g/mol. The van der Waals surface area contributed by atoms with E-state index in [1.54, 1.807) is 5.01 Å². The average Bonchev–Trinajstić information content (AvgIpc) is 2.37. The third kappa shape index (κ3) is 3.56. The lowest BCUT2D eigenvalue weighted by molar-refractivity contribution is 0.462. The van der Waals surface area contributed by atoms with E-state index in [4.69, 9.17) is 5.84 Å². The number of benzene rings is 1. The molecule has 3 nitrogen and oxygen atoms in total. The number of hydrogen-bond acceptors (Lipinski definition) is 2. The third-order valence-electron chi connectivity index (χ3n) is 3.12. The molecule has 1 atom stereocenters. The molecule has 17 heavy (non-hydrogen) atoms. The zero-order valence-corrected chi connectivity index (χ0v) is 11.3. The second kappa shape index (κ2) is 6.40. The minimum absolute atomic E-state index is 0.524. The zero-order valence-electron chi connectivity index (χ0n) is 11.3. The fourth-order valence-corrected chi connectivity index (χ4v) is 1.69. The summed E-state index contributed by atoms with van der Waals surface area (Å²) in [5.41, 5.74) is 2.32. The van der Waals surface area contributed by atoms with Gasteiger partial charge in [0.2, 0.25) is 0 Å². The first-order valence-corrected chi connectivity index (χ1v) is 6.26. The fourth-order valence-electron chi connectivity index (χ4n) is 1.69. The fraction of sp³-hybridized carbons (Fsp3) is 0.500. The van der Waals surface area contributed by atoms with Crippen LogP contribution < -0.4 is 5.84 Å². The number of hydrazine groups is 1. The lowest BCUT2D eigenvalue weighted by atomic mass is 9.97. The van der Waals surface area contributed by atoms with Gasteiger partial charge in [-0.3, -0.25) is 5.01 Å². The maximum Gasteiger partial charge on any atom is 0.116 e. The first kappa shape index (κ1) is 13.7. The molecule has 1 rings (SSSR count). The van der Waals surface area contributed by atoms with E-state index >= 15 is 0 Å². The number of rotatable bonds is 4. The van der Waals surface area contributed by atoms with Crippen LogP contribution in [0.5, 0.6) is 0 Å². The Balaban J connectivity index is 3.05. The van der Waals surface area contributed by atoms with E-state index in [1.807, 2.05) is 19.9 Å². The van der Waals surface area contributed by atoms with Gasteiger partial charge in [-0.15, -0.1) is 0 Å². The first-order valence-electron chi connectivity index (χ1n) is 6.26. The molecular formula is C14H23N3. The highest BCUT2D eigenvalue weighted by Gasteiger charge is 2.08. The minimum Gasteiger partial charge on any atom is -0.299 e. The largest absolute Gasteiger partial charge is 0.299 e. The zero-order chi connectivity index (χ0) is 12.8. The number of nitrogens with two attached hydrogens (primary N) is 1. The molecule has 94 valence electrons. The van der Waals surface area contributed by atoms with Crippen molar-refractivity contribution in [2.45, 2.75) is 40.0 Å². The van der Waals surface area contributed by atoms with Crippen LogP contribution in [0.25, 0.3) is 0 Å². The summed E-state index contributed by atoms with van der Waals surface area (Å²) in [5.74, 6) is 7.20. The second-order valence-electron chi connectivity index (χ2n) is 4.31. The Morgan fingerprint density at radius 3 is 2.59 bits per heavy atom. The van der Waals surface area contributed by atoms with Gasteiger partial charge < -0.3 is 0 Å². The van der Waals surface area contributed by atoms with Gasteiger partial charge in [-0.05, 0) is 37.8 Å². The van der Waals surface area contributed by atoms with Gasteiger partial charge in [0, 0.05) is 6.54 Å². The molecule has 0 spiro atoms. The number of aliphatic imine (C=N–C) groups is 1. The molecule has 0 aliphatic heterocycles. The van der Waals surface area contributed by atoms with Gasteiger partial charge in [-0.2, -0.15) is 0 Å². The molecule has 3 heteroatoms. The monoisotopic (exact) mass is 233 g/mol. The first-order chi connectivity index (χ1) is 8.10. The molecule has 0 fully saturated rings. The molecule has 0 saturated heterocycles. The minimum atomic E-state index is 0.524. The molecule has 0 heterocycles. The van der Waals surface area contributed by atoms with Gasteiger partial charge in [0.15, 0.2) is 0 Å². The molecule has 1 aromatic carbocycles. The van der Waals surface area contributed by atoms with E-state index in [0.29, 0.717) is 5.92 Å². The molecule has 0 aliphatic rings. The molecule has 0 aromatic heterocycles. The lowest BCUT2D eigenvalue weighted by Crippen LogP contribution is -2.35. The van der Waals surface area contributed by atoms with Crippen molar-refractivity contribution < 1.29 is 0 Å². The van der Waals surface area contributed by atoms with Crippen LogP contribution in [-0.4, -0.2) is 17.4 Å². The number of hydrogen-bond donors (Lipinski definition) is 1. The smallest absolute Gasteiger partial charge is 0.116 e. The Bertz CT molecular complexity index is 385. The number of amidine groups is 1. The molecule has 1 aromatic rings. The van der Waals surface area contributed by atoms with Crippen molar-refractivity contribution in [3.63, 3.8) is 0 Å². The number of para-hydroxylation sites is 1. The predicted molar refractivity (Wildman–Crippen MR) is 74.5 cm³/mol. The predicted octanol–water partition coefficient (Wildman–Crippen LogP) is 3.45. The van der Waals surface area contributed by atoms with Crippen LogP contribution in [0.2, 0.25) is 0 Å². The lowest BCUT2D eigenvalue weighted by Gasteiger charge is -2.17. The Morgan fingerprint density at radius 2 is 2.00 bits per heavy atom. The van der Waals surface area contributed by atoms with Crippen molar-refractivity contribution in [1.82, 2.24) is 5.01 Å². The van der Waals surface area contributed by atoms with Crippen LogP contribution in [0.4, 0.5) is 5.69 Å². The Kier molecular flexibility index (Phi) is 5.16. The second-order valence-corrected chi connectivity index (χ2v) is 4.31. The summed E-state index contributed by atoms with van der Waals surface area (Å²) in [6.07, 6.45) is 1.12. The highest BCUT2D eigenvalue weighted by Crippen LogP contribution is 2.28. The topological polar surface area (TPSA) is 41.6 Å². The third-order valence-corrected chi connectivity index (χ3v) is 3.12. The quantitative estimate of drug-likeness (QED) is 0.374. The van der Waals surface area contributed by atoms with E-state index in [1.165, 1.54) is 5.56 Å². The molecule has 1 unspecified atom stereocenters. The normalized spacial score (nSPS) is 13.6. The Hall–Kier alpha value is -1.35. The maximum atomic E-state index is 5.83. The summed E-state index contributed by atoms with van der Waals surface area (Å²) < 4.78 is 0. The van der Waals surface area contributed by atoms with Gasteiger partial charge >= 0.3 is 0 Å². The molecule has 0 aliphatic carbocycles. The Labute approximate surface area is 104 Å². The molecular weight excluding hydrogens is 210 g/mol. The standard InChI is InChI=1S/C14H23N3/c1-5-11(3)13-9-7-8-10-14(13)16-12(4)17(15)6-2/h7-11H,5-6,15H2,1-4H3/b16-12+. The molecule has 0 radical (unpaired) electrons. The number of nitrogens with zero attached hydrogens (tertiary/aromatic N) is 2. The van der Waals surface area contributed by atoms with Crippen LogP contribution >= 0.6 is 0 Å². The Morgan fingerprint density at radius 1 is 1.35 bits per heavy atom. The summed E-state index contributed by atoms with van der Waals surface area (Å²) in [6.45, 7) is 9.14. The molecule has 2 N–H and O–H groups in total. The van der Waals surface area contributed by atoms with Crippen LogP contribution in [-0.2, 0) is 0 Å². The summed E-state index contributed by atoms with van der Waals surface area (Å²) in [7, 11) is 0. The van der Waals surface area contributed by atoms with Crippen molar-refractivity contribution >= 4 is 11.5 Å². The summed E-state index contributed by atoms with van der Waals surface area (Å²) >= 11 is 0. The van der Waals surface area contributed by atoms with E-state index in [9.17, 15) is 0 Å². The van der Waals surface area contributed by atoms with Crippen molar-refractivity contribution in [1.29, 1.82) is 0 Å². The molecule has 0 saturated carbocycles. The highest BCUT2D eigenvalue weighted by molar-refractivity contribution is 5.82. The van der Waals surface area contributed by atoms with E-state index in [0.717, 1.165) is 24.5 Å². The van der Waals surface area contributed by atoms with Gasteiger partial charge in [0.05, 0.1) is 5.69 Å². The van der Waals surface area contributed by atoms with E-state index < -0.39 is 0 Å². The van der Waals surface area contributed by atoms with Gasteiger partial charge in [-0.1, -0.05) is 32.0 Å². The highest BCUT2D eigenvalue weighted by atomic mass is 15.4. The summed E-state index contributed by atoms with van der Waals surface area (Å²) in [5, 5.41) is 1.66. The maximum absolute atomic E-state index is 5.83. The van der Waals surface area contributed by atoms with Crippen LogP contribution in [0.1, 0.15) is 45.6 Å². The van der Waals surface area contributed by atoms with Gasteiger partial charge in [0.1, 0.15) is 5.84 Å². The van der Waals surface area contributed by atoms with E-state index in [-0.39, 0.29) is 0 Å². The summed E-state index contributed by atoms with van der Waals surface area (Å²) in [4.78, 5) is 4.62. The van der Waals surface area contributed by atoms with Crippen molar-refractivity contribution in [3.8, 4) is 0 Å². The van der Waals surface area contributed by atoms with E-state index in [2.05, 4.69) is 37.0 Å². The van der Waals surface area contributed by atoms with Crippen molar-refractivity contribution in [3.05, 3.63) is 29.8 Å². The van der Waals surface area contributed by atoms with Crippen LogP contribution in [0.15, 0.2) is 29.3 Å². The van der Waals surface area contributed by atoms with Gasteiger partial charge in [0.25, 0.3) is 0 Å². The van der Waals surface area contributed by atoms with Crippen molar-refractivity contribution in [2.75, 3.05) is 6.54 Å². The SMILES string of the molecule is CCC(C)c1ccccc1/N=C(\C)N(N)CC. The molecule has 0 amide bonds. The van der Waals surface area contributed by atoms with Crippen molar-refractivity contribution in [2.24, 2.45) is 10.8 Å². The molecule has 0 bridgehead atoms. The van der Waals surface area contributed by atoms with Crippen LogP contribution in [0, 0.1) is 0 Å². The summed E-state index contributed by atoms with van der Waals surface area (Å²) in [6, 6.07) is 8.28.